The van der Waals surface area contributed by atoms with Crippen LogP contribution < -0.4 is 4.74 Å². The second-order valence-corrected chi connectivity index (χ2v) is 7.18. The normalized spacial score (nSPS) is 11.0. The van der Waals surface area contributed by atoms with Crippen molar-refractivity contribution in [2.75, 3.05) is 7.11 Å². The van der Waals surface area contributed by atoms with Crippen LogP contribution in [0.4, 0.5) is 0 Å². The Morgan fingerprint density at radius 2 is 1.75 bits per heavy atom. The number of nitrogens with zero attached hydrogens (tertiary/aromatic N) is 1. The molecule has 0 aliphatic carbocycles. The van der Waals surface area contributed by atoms with Crippen molar-refractivity contribution in [1.82, 2.24) is 9.97 Å². The van der Waals surface area contributed by atoms with Crippen molar-refractivity contribution < 1.29 is 9.53 Å². The summed E-state index contributed by atoms with van der Waals surface area (Å²) in [4.78, 5) is 20.5. The number of hydrogen-bond donors (Lipinski definition) is 1. The first-order valence-electron chi connectivity index (χ1n) is 8.65. The molecule has 0 atom stereocenters. The molecule has 4 nitrogen and oxygen atoms in total. The zero-order valence-electron chi connectivity index (χ0n) is 15.0. The fraction of sp³-hybridized carbons (Fsp3) is 0.0909. The van der Waals surface area contributed by atoms with E-state index in [-0.39, 0.29) is 5.78 Å². The molecule has 0 aliphatic heterocycles. The van der Waals surface area contributed by atoms with E-state index in [2.05, 4.69) is 9.97 Å². The van der Waals surface area contributed by atoms with E-state index in [0.717, 1.165) is 22.3 Å². The second kappa shape index (κ2) is 7.66. The number of fused-ring (bicyclic) bond motifs is 1. The highest BCUT2D eigenvalue weighted by atomic mass is 35.5. The molecule has 0 spiro atoms. The van der Waals surface area contributed by atoms with Gasteiger partial charge in [0.2, 0.25) is 0 Å². The maximum atomic E-state index is 12.7. The number of halogens is 2. The Labute approximate surface area is 172 Å². The van der Waals surface area contributed by atoms with Crippen LogP contribution in [-0.4, -0.2) is 22.9 Å². The van der Waals surface area contributed by atoms with Crippen LogP contribution >= 0.6 is 23.2 Å². The van der Waals surface area contributed by atoms with Gasteiger partial charge in [-0.25, -0.2) is 4.98 Å². The van der Waals surface area contributed by atoms with E-state index >= 15 is 0 Å². The molecular formula is C22H16Cl2N2O2. The molecule has 140 valence electrons. The summed E-state index contributed by atoms with van der Waals surface area (Å²) in [7, 11) is 1.61. The number of methoxy groups -OCH3 is 1. The monoisotopic (exact) mass is 410 g/mol. The summed E-state index contributed by atoms with van der Waals surface area (Å²) in [6.45, 7) is 0. The number of aromatic amines is 1. The van der Waals surface area contributed by atoms with Crippen molar-refractivity contribution in [3.05, 3.63) is 81.8 Å². The fourth-order valence-electron chi connectivity index (χ4n) is 3.06. The summed E-state index contributed by atoms with van der Waals surface area (Å²) >= 11 is 12.6. The Kier molecular flexibility index (Phi) is 5.07. The Hall–Kier alpha value is -2.82. The van der Waals surface area contributed by atoms with E-state index in [4.69, 9.17) is 27.9 Å². The van der Waals surface area contributed by atoms with Crippen LogP contribution in [0.15, 0.2) is 60.7 Å². The summed E-state index contributed by atoms with van der Waals surface area (Å²) in [6, 6.07) is 18.2. The van der Waals surface area contributed by atoms with E-state index in [1.165, 1.54) is 0 Å². The highest BCUT2D eigenvalue weighted by molar-refractivity contribution is 6.39. The number of aromatic nitrogens is 2. The minimum Gasteiger partial charge on any atom is -0.497 e. The van der Waals surface area contributed by atoms with E-state index in [9.17, 15) is 4.79 Å². The van der Waals surface area contributed by atoms with Crippen LogP contribution in [0.3, 0.4) is 0 Å². The molecule has 0 saturated carbocycles. The van der Waals surface area contributed by atoms with Crippen molar-refractivity contribution >= 4 is 40.0 Å². The lowest BCUT2D eigenvalue weighted by atomic mass is 10.0. The molecule has 6 heteroatoms. The smallest absolute Gasteiger partial charge is 0.167 e. The van der Waals surface area contributed by atoms with Crippen molar-refractivity contribution in [1.29, 1.82) is 0 Å². The molecule has 4 rings (SSSR count). The van der Waals surface area contributed by atoms with Crippen LogP contribution in [0.1, 0.15) is 15.9 Å². The van der Waals surface area contributed by atoms with Gasteiger partial charge >= 0.3 is 0 Å². The molecule has 0 fully saturated rings. The van der Waals surface area contributed by atoms with Gasteiger partial charge in [0.1, 0.15) is 11.6 Å². The topological polar surface area (TPSA) is 55.0 Å². The Morgan fingerprint density at radius 1 is 1.04 bits per heavy atom. The third-order valence-electron chi connectivity index (χ3n) is 4.53. The molecule has 0 aliphatic rings. The zero-order valence-corrected chi connectivity index (χ0v) is 16.5. The molecule has 28 heavy (non-hydrogen) atoms. The van der Waals surface area contributed by atoms with Gasteiger partial charge in [0.05, 0.1) is 33.8 Å². The van der Waals surface area contributed by atoms with E-state index < -0.39 is 0 Å². The van der Waals surface area contributed by atoms with Gasteiger partial charge < -0.3 is 9.72 Å². The van der Waals surface area contributed by atoms with Crippen LogP contribution in [0.5, 0.6) is 5.75 Å². The molecule has 1 heterocycles. The number of rotatable bonds is 5. The molecule has 0 radical (unpaired) electrons. The minimum atomic E-state index is 0.0268. The van der Waals surface area contributed by atoms with Crippen LogP contribution in [0.25, 0.3) is 22.4 Å². The SMILES string of the molecule is COc1ccc(CC(=O)c2ccc3nc(-c4c(Cl)cccc4Cl)[nH]c3c2)cc1. The molecule has 0 unspecified atom stereocenters. The van der Waals surface area contributed by atoms with Gasteiger partial charge in [0.25, 0.3) is 0 Å². The second-order valence-electron chi connectivity index (χ2n) is 6.36. The molecule has 1 N–H and O–H groups in total. The summed E-state index contributed by atoms with van der Waals surface area (Å²) in [6.07, 6.45) is 0.312. The largest absolute Gasteiger partial charge is 0.497 e. The van der Waals surface area contributed by atoms with Gasteiger partial charge in [0, 0.05) is 12.0 Å². The highest BCUT2D eigenvalue weighted by Gasteiger charge is 2.14. The number of Topliss-reactive ketones (excluding diaryl/α,β-unsaturated/α-hetero) is 1. The van der Waals surface area contributed by atoms with Crippen molar-refractivity contribution in [3.8, 4) is 17.1 Å². The first kappa shape index (κ1) is 18.5. The number of H-pyrrole nitrogens is 1. The molecule has 4 aromatic rings. The maximum absolute atomic E-state index is 12.7. The summed E-state index contributed by atoms with van der Waals surface area (Å²) in [5.41, 5.74) is 3.69. The Morgan fingerprint density at radius 3 is 2.43 bits per heavy atom. The van der Waals surface area contributed by atoms with Crippen molar-refractivity contribution in [2.45, 2.75) is 6.42 Å². The standard InChI is InChI=1S/C22H16Cl2N2O2/c1-28-15-8-5-13(6-9-15)11-20(27)14-7-10-18-19(12-14)26-22(25-18)21-16(23)3-2-4-17(21)24/h2-10,12H,11H2,1H3,(H,25,26). The van der Waals surface area contributed by atoms with Gasteiger partial charge in [-0.05, 0) is 48.0 Å². The number of benzene rings is 3. The summed E-state index contributed by atoms with van der Waals surface area (Å²) in [5, 5.41) is 1.03. The van der Waals surface area contributed by atoms with Crippen LogP contribution in [0, 0.1) is 0 Å². The maximum Gasteiger partial charge on any atom is 0.167 e. The quantitative estimate of drug-likeness (QED) is 0.412. The van der Waals surface area contributed by atoms with Gasteiger partial charge in [-0.3, -0.25) is 4.79 Å². The molecule has 0 bridgehead atoms. The lowest BCUT2D eigenvalue weighted by Crippen LogP contribution is -2.03. The van der Waals surface area contributed by atoms with E-state index in [1.807, 2.05) is 36.4 Å². The summed E-state index contributed by atoms with van der Waals surface area (Å²) < 4.78 is 5.15. The molecular weight excluding hydrogens is 395 g/mol. The number of imidazole rings is 1. The van der Waals surface area contributed by atoms with E-state index in [0.29, 0.717) is 33.4 Å². The third kappa shape index (κ3) is 3.61. The predicted octanol–water partition coefficient (Wildman–Crippen LogP) is 5.97. The fourth-order valence-corrected chi connectivity index (χ4v) is 3.63. The first-order valence-corrected chi connectivity index (χ1v) is 9.41. The Balaban J connectivity index is 1.63. The lowest BCUT2D eigenvalue weighted by molar-refractivity contribution is 0.0993. The van der Waals surface area contributed by atoms with Gasteiger partial charge in [-0.2, -0.15) is 0 Å². The van der Waals surface area contributed by atoms with Gasteiger partial charge in [-0.15, -0.1) is 0 Å². The molecule has 3 aromatic carbocycles. The summed E-state index contributed by atoms with van der Waals surface area (Å²) in [5.74, 6) is 1.37. The zero-order chi connectivity index (χ0) is 19.7. The predicted molar refractivity (Wildman–Crippen MR) is 113 cm³/mol. The average Bonchev–Trinajstić information content (AvgIpc) is 3.11. The van der Waals surface area contributed by atoms with Crippen molar-refractivity contribution in [3.63, 3.8) is 0 Å². The number of ether oxygens (including phenoxy) is 1. The van der Waals surface area contributed by atoms with Crippen LogP contribution in [0.2, 0.25) is 10.0 Å². The number of nitrogens with one attached hydrogen (secondary N) is 1. The van der Waals surface area contributed by atoms with Gasteiger partial charge in [-0.1, -0.05) is 41.4 Å². The van der Waals surface area contributed by atoms with E-state index in [1.54, 1.807) is 31.4 Å². The Bertz CT molecular complexity index is 1150. The van der Waals surface area contributed by atoms with Crippen LogP contribution in [-0.2, 0) is 6.42 Å². The first-order chi connectivity index (χ1) is 13.5. The molecule has 1 aromatic heterocycles. The number of carbonyl (C=O) groups is 1. The average molecular weight is 411 g/mol. The number of ketones is 1. The molecule has 0 saturated heterocycles. The minimum absolute atomic E-state index is 0.0268. The lowest BCUT2D eigenvalue weighted by Gasteiger charge is -2.04. The third-order valence-corrected chi connectivity index (χ3v) is 5.16. The number of carbonyl (C=O) groups excluding carboxylic acids is 1. The molecule has 0 amide bonds. The van der Waals surface area contributed by atoms with Gasteiger partial charge in [0.15, 0.2) is 5.78 Å². The van der Waals surface area contributed by atoms with Crippen molar-refractivity contribution in [2.24, 2.45) is 0 Å². The highest BCUT2D eigenvalue weighted by Crippen LogP contribution is 2.34. The number of hydrogen-bond acceptors (Lipinski definition) is 3.